The van der Waals surface area contributed by atoms with Gasteiger partial charge in [-0.15, -0.1) is 0 Å². The van der Waals surface area contributed by atoms with E-state index in [1.807, 2.05) is 11.8 Å². The number of esters is 11. The zero-order chi connectivity index (χ0) is 101. The first kappa shape index (κ1) is 125. The molecule has 0 amide bonds. The molecule has 5 aliphatic heterocycles. The number of rotatable bonds is 26. The molecule has 24 nitrogen and oxygen atoms in total. The van der Waals surface area contributed by atoms with Crippen LogP contribution in [0.4, 0.5) is 48.3 Å². The maximum Gasteiger partial charge on any atom is 0.371 e. The highest BCUT2D eigenvalue weighted by atomic mass is 32.2. The standard InChI is InChI=1S/C10H17FO2Si.C10H15FO2.2C9H13FO2.C9H7FO2.C8H12FNO2.C8H11FO3.C8H11FO2S.C8H13FO2Si.C8H15FO2Si.C8H11FO2/c1-8(11)10(12)13-9-4-6-14(2,3)7-5-9;1-8(11)10(12)13-7-9-5-3-2-4-6-9;1-7(10)9(11)12-6-8-4-2-3-5-8;2*1-7(10)9(11)12-8-5-3-2-4-6-8;1-6(9)8(11)12-7-2-4-10-5-3-7;1-6(9)8(10)12-7-2-4-11-5-3-7;2*1-6(9)8(10)11-7-2-4-12-5-3-7;1-7(9)8(10)11-5-6-12(2,3)4;1-6(9)8(10)11-7-4-2-3-5-7/h9H,1,4-7H2,2-3H3;9H,1-7H2;2*8H,1-6H2;2-6H,1H2;7,10H,1-5H2;2*7H,1-5H2;7H,1-5,12H2;1,5-6H2,2-4H3;7H,1-5H2. The zero-order valence-electron chi connectivity index (χ0n) is 78.2. The fourth-order valence-electron chi connectivity index (χ4n) is 13.1. The lowest BCUT2D eigenvalue weighted by atomic mass is 9.90. The Morgan fingerprint density at radius 3 is 0.963 bits per heavy atom. The van der Waals surface area contributed by atoms with Gasteiger partial charge in [-0.05, 0) is 183 Å². The molecule has 0 aromatic heterocycles. The zero-order valence-corrected chi connectivity index (χ0v) is 82.5. The molecule has 0 spiro atoms. The van der Waals surface area contributed by atoms with E-state index < -0.39 is 146 Å². The van der Waals surface area contributed by atoms with E-state index in [0.717, 1.165) is 171 Å². The van der Waals surface area contributed by atoms with Crippen molar-refractivity contribution >= 4 is 103 Å². The number of benzene rings is 1. The number of nitrogens with one attached hydrogen (secondary N) is 1. The quantitative estimate of drug-likeness (QED) is 0.0225. The van der Waals surface area contributed by atoms with E-state index in [-0.39, 0.29) is 52.2 Å². The molecule has 0 bridgehead atoms. The van der Waals surface area contributed by atoms with Crippen molar-refractivity contribution in [2.24, 2.45) is 11.8 Å². The van der Waals surface area contributed by atoms with Crippen LogP contribution in [-0.2, 0) is 105 Å². The highest BCUT2D eigenvalue weighted by Gasteiger charge is 2.32. The second-order valence-electron chi connectivity index (χ2n) is 34.2. The van der Waals surface area contributed by atoms with Crippen LogP contribution < -0.4 is 10.1 Å². The average Bonchev–Trinajstić information content (AvgIpc) is 0.903. The minimum absolute atomic E-state index is 0.0498. The molecule has 756 valence electrons. The van der Waals surface area contributed by atoms with Crippen LogP contribution in [0.3, 0.4) is 0 Å². The Labute approximate surface area is 789 Å². The smallest absolute Gasteiger partial charge is 0.371 e. The van der Waals surface area contributed by atoms with Crippen molar-refractivity contribution in [2.45, 2.75) is 285 Å². The fraction of sp³-hybridized carbons (Fsp3) is 0.589. The van der Waals surface area contributed by atoms with Gasteiger partial charge in [-0.2, -0.15) is 60.1 Å². The molecule has 4 saturated carbocycles. The number of thioether (sulfide) groups is 1. The second kappa shape index (κ2) is 72.1. The molecule has 1 aromatic rings. The summed E-state index contributed by atoms with van der Waals surface area (Å²) in [5.74, 6) is -18.2. The van der Waals surface area contributed by atoms with E-state index in [2.05, 4.69) is 125 Å². The van der Waals surface area contributed by atoms with Crippen molar-refractivity contribution in [1.29, 1.82) is 0 Å². The lowest BCUT2D eigenvalue weighted by Gasteiger charge is -2.32. The normalized spacial score (nSPS) is 17.9. The largest absolute Gasteiger partial charge is 0.461 e. The van der Waals surface area contributed by atoms with Gasteiger partial charge in [0.1, 0.15) is 48.5 Å². The van der Waals surface area contributed by atoms with Crippen LogP contribution in [0.5, 0.6) is 5.75 Å². The predicted octanol–water partition coefficient (Wildman–Crippen LogP) is 21.5. The number of halogens is 11. The van der Waals surface area contributed by atoms with Crippen molar-refractivity contribution in [2.75, 3.05) is 57.6 Å². The Kier molecular flexibility index (Phi) is 67.1. The molecule has 9 aliphatic rings. The number of ether oxygens (including phenoxy) is 12. The van der Waals surface area contributed by atoms with Gasteiger partial charge in [0.05, 0.1) is 33.0 Å². The average molecular weight is 1990 g/mol. The lowest BCUT2D eigenvalue weighted by molar-refractivity contribution is -0.150. The van der Waals surface area contributed by atoms with Gasteiger partial charge in [0.2, 0.25) is 64.1 Å². The maximum absolute atomic E-state index is 12.3. The van der Waals surface area contributed by atoms with Crippen LogP contribution in [0, 0.1) is 11.8 Å². The minimum Gasteiger partial charge on any atom is -0.461 e. The third-order valence-electron chi connectivity index (χ3n) is 20.8. The number of piperidine rings is 1. The number of carbonyl (C=O) groups is 11. The molecule has 10 rings (SSSR count). The Morgan fingerprint density at radius 2 is 0.634 bits per heavy atom. The van der Waals surface area contributed by atoms with Gasteiger partial charge in [-0.1, -0.05) is 186 Å². The van der Waals surface area contributed by atoms with Gasteiger partial charge in [0, 0.05) is 38.5 Å². The van der Waals surface area contributed by atoms with Crippen LogP contribution in [0.1, 0.15) is 180 Å². The first-order chi connectivity index (χ1) is 63.0. The summed E-state index contributed by atoms with van der Waals surface area (Å²) in [5.41, 5.74) is 0. The lowest BCUT2D eigenvalue weighted by Crippen LogP contribution is -2.35. The Balaban J connectivity index is 0.00000145. The number of carbonyl (C=O) groups excluding carboxylic acids is 11. The minimum atomic E-state index is -1.19. The Hall–Kier alpha value is -9.32. The molecule has 1 aromatic carbocycles. The van der Waals surface area contributed by atoms with Gasteiger partial charge in [0.15, 0.2) is 0 Å². The van der Waals surface area contributed by atoms with Crippen molar-refractivity contribution in [3.8, 4) is 5.75 Å². The van der Waals surface area contributed by atoms with Gasteiger partial charge in [-0.25, -0.2) is 52.7 Å². The van der Waals surface area contributed by atoms with E-state index >= 15 is 0 Å². The maximum atomic E-state index is 12.3. The molecule has 0 radical (unpaired) electrons. The van der Waals surface area contributed by atoms with Crippen LogP contribution in [0.25, 0.3) is 0 Å². The number of hydrogen-bond donors (Lipinski definition) is 1. The molecule has 5 saturated heterocycles. The van der Waals surface area contributed by atoms with Gasteiger partial charge < -0.3 is 62.2 Å². The molecular formula is C95H138F11NO23SSi3. The van der Waals surface area contributed by atoms with Crippen LogP contribution in [0.2, 0.25) is 63.0 Å². The van der Waals surface area contributed by atoms with Crippen LogP contribution >= 0.6 is 11.8 Å². The van der Waals surface area contributed by atoms with Gasteiger partial charge in [0.25, 0.3) is 0 Å². The number of hydrogen-bond acceptors (Lipinski definition) is 25. The van der Waals surface area contributed by atoms with Crippen molar-refractivity contribution in [3.05, 3.63) is 167 Å². The third-order valence-corrected chi connectivity index (χ3v) is 28.7. The summed E-state index contributed by atoms with van der Waals surface area (Å²) in [5, 5.41) is 3.11. The summed E-state index contributed by atoms with van der Waals surface area (Å²) >= 11 is 1.83. The van der Waals surface area contributed by atoms with E-state index in [9.17, 15) is 101 Å². The highest BCUT2D eigenvalue weighted by molar-refractivity contribution is 7.99. The summed E-state index contributed by atoms with van der Waals surface area (Å²) in [4.78, 5) is 117. The van der Waals surface area contributed by atoms with E-state index in [0.29, 0.717) is 63.5 Å². The summed E-state index contributed by atoms with van der Waals surface area (Å²) in [6.45, 7) is 46.4. The third kappa shape index (κ3) is 66.2. The molecule has 5 heterocycles. The molecule has 134 heavy (non-hydrogen) atoms. The van der Waals surface area contributed by atoms with Crippen LogP contribution in [0.15, 0.2) is 167 Å². The molecular weight excluding hydrogens is 1850 g/mol. The Morgan fingerprint density at radius 1 is 0.358 bits per heavy atom. The molecule has 4 aliphatic carbocycles. The number of para-hydroxylation sites is 1. The molecule has 0 unspecified atom stereocenters. The second-order valence-corrected chi connectivity index (χ2v) is 48.5. The fourth-order valence-corrected chi connectivity index (χ4v) is 19.2. The Bertz CT molecular complexity index is 3670. The first-order valence-electron chi connectivity index (χ1n) is 44.9. The van der Waals surface area contributed by atoms with E-state index in [4.69, 9.17) is 42.6 Å². The molecule has 1 N–H and O–H groups in total. The van der Waals surface area contributed by atoms with Gasteiger partial charge >= 0.3 is 65.7 Å². The SMILES string of the molecule is C=C(F)C(=O)OC1CCCC1.C=C(F)C(=O)OC1CCCCC1.C=C(F)C(=O)OC1CCNCC1.C=C(F)C(=O)OC1CCOCC1.C=C(F)C(=O)OC1CCSCC1.C=C(F)C(=O)OC1CC[SiH2]CC1.C=C(F)C(=O)OC1CC[Si](C)(C)CC1.C=C(F)C(=O)OCC1CCCC1.C=C(F)C(=O)OCC1CCCCC1.C=C(F)C(=O)OCC[Si](C)(C)C.C=C(F)C(=O)Oc1ccccc1. The topological polar surface area (TPSA) is 311 Å². The molecule has 0 atom stereocenters. The van der Waals surface area contributed by atoms with Gasteiger partial charge in [-0.3, -0.25) is 0 Å². The van der Waals surface area contributed by atoms with Crippen molar-refractivity contribution in [1.82, 2.24) is 5.32 Å². The monoisotopic (exact) mass is 1990 g/mol. The van der Waals surface area contributed by atoms with E-state index in [1.54, 1.807) is 30.3 Å². The summed E-state index contributed by atoms with van der Waals surface area (Å²) in [6, 6.07) is 13.8. The summed E-state index contributed by atoms with van der Waals surface area (Å²) in [6.07, 6.45) is 26.6. The summed E-state index contributed by atoms with van der Waals surface area (Å²) < 4.78 is 191. The van der Waals surface area contributed by atoms with E-state index in [1.165, 1.54) is 50.6 Å². The molecule has 9 fully saturated rings. The predicted molar refractivity (Wildman–Crippen MR) is 498 cm³/mol. The van der Waals surface area contributed by atoms with Crippen molar-refractivity contribution < 1.29 is 158 Å². The molecule has 39 heteroatoms. The first-order valence-corrected chi connectivity index (χ1v) is 55.2. The van der Waals surface area contributed by atoms with Crippen LogP contribution in [-0.4, -0.2) is 192 Å². The van der Waals surface area contributed by atoms with Crippen molar-refractivity contribution in [3.63, 3.8) is 0 Å². The summed E-state index contributed by atoms with van der Waals surface area (Å²) in [7, 11) is -2.09. The highest BCUT2D eigenvalue weighted by Crippen LogP contribution is 2.32.